The second kappa shape index (κ2) is 12.0. The molecule has 7 heteroatoms. The van der Waals surface area contributed by atoms with Crippen LogP contribution in [-0.2, 0) is 9.47 Å². The molecule has 7 nitrogen and oxygen atoms in total. The number of nitrogens with zero attached hydrogens (tertiary/aromatic N) is 2. The largest absolute Gasteiger partial charge is 0.497 e. The minimum absolute atomic E-state index is 0.275. The van der Waals surface area contributed by atoms with Gasteiger partial charge in [0.15, 0.2) is 5.96 Å². The summed E-state index contributed by atoms with van der Waals surface area (Å²) in [7, 11) is 3.52. The van der Waals surface area contributed by atoms with Crippen LogP contribution in [0.1, 0.15) is 37.3 Å². The average molecular weight is 405 g/mol. The molecule has 29 heavy (non-hydrogen) atoms. The Morgan fingerprint density at radius 3 is 2.86 bits per heavy atom. The Bertz CT molecular complexity index is 628. The van der Waals surface area contributed by atoms with E-state index in [1.807, 2.05) is 6.07 Å². The van der Waals surface area contributed by atoms with Crippen LogP contribution in [0.5, 0.6) is 5.75 Å². The number of benzene rings is 1. The zero-order chi connectivity index (χ0) is 20.3. The zero-order valence-electron chi connectivity index (χ0n) is 17.9. The van der Waals surface area contributed by atoms with E-state index in [9.17, 15) is 0 Å². The molecule has 0 bridgehead atoms. The van der Waals surface area contributed by atoms with Crippen LogP contribution in [0.2, 0.25) is 0 Å². The monoisotopic (exact) mass is 404 g/mol. The topological polar surface area (TPSA) is 67.4 Å². The van der Waals surface area contributed by atoms with Gasteiger partial charge in [0, 0.05) is 26.7 Å². The number of hydrogen-bond acceptors (Lipinski definition) is 5. The van der Waals surface area contributed by atoms with E-state index in [0.717, 1.165) is 57.3 Å². The van der Waals surface area contributed by atoms with Gasteiger partial charge in [0.25, 0.3) is 0 Å². The maximum Gasteiger partial charge on any atom is 0.191 e. The highest BCUT2D eigenvalue weighted by atomic mass is 16.5. The van der Waals surface area contributed by atoms with Gasteiger partial charge in [0.05, 0.1) is 32.5 Å². The van der Waals surface area contributed by atoms with Crippen molar-refractivity contribution < 1.29 is 14.2 Å². The first-order valence-corrected chi connectivity index (χ1v) is 10.8. The predicted molar refractivity (Wildman–Crippen MR) is 116 cm³/mol. The minimum atomic E-state index is 0.275. The molecule has 0 aliphatic carbocycles. The molecule has 2 heterocycles. The Morgan fingerprint density at radius 1 is 1.28 bits per heavy atom. The molecule has 0 aromatic heterocycles. The second-order valence-corrected chi connectivity index (χ2v) is 7.63. The van der Waals surface area contributed by atoms with Crippen molar-refractivity contribution in [3.05, 3.63) is 29.8 Å². The van der Waals surface area contributed by atoms with E-state index in [0.29, 0.717) is 19.3 Å². The Hall–Kier alpha value is -1.83. The summed E-state index contributed by atoms with van der Waals surface area (Å²) in [4.78, 5) is 6.90. The maximum atomic E-state index is 5.72. The van der Waals surface area contributed by atoms with E-state index in [1.54, 1.807) is 14.2 Å². The third-order valence-electron chi connectivity index (χ3n) is 5.61. The highest BCUT2D eigenvalue weighted by molar-refractivity contribution is 5.79. The molecule has 2 N–H and O–H groups in total. The Balaban J connectivity index is 1.46. The summed E-state index contributed by atoms with van der Waals surface area (Å²) in [6.07, 6.45) is 5.05. The minimum Gasteiger partial charge on any atom is -0.497 e. The quantitative estimate of drug-likeness (QED) is 0.354. The number of likely N-dealkylation sites (tertiary alicyclic amines) is 1. The number of rotatable bonds is 10. The van der Waals surface area contributed by atoms with Gasteiger partial charge in [-0.25, -0.2) is 0 Å². The van der Waals surface area contributed by atoms with Gasteiger partial charge in [-0.2, -0.15) is 0 Å². The summed E-state index contributed by atoms with van der Waals surface area (Å²) < 4.78 is 16.7. The smallest absolute Gasteiger partial charge is 0.191 e. The summed E-state index contributed by atoms with van der Waals surface area (Å²) >= 11 is 0. The number of hydrogen-bond donors (Lipinski definition) is 2. The molecule has 162 valence electrons. The molecular formula is C22H36N4O3. The van der Waals surface area contributed by atoms with Crippen LogP contribution in [-0.4, -0.2) is 77.1 Å². The van der Waals surface area contributed by atoms with E-state index in [2.05, 4.69) is 38.7 Å². The van der Waals surface area contributed by atoms with Gasteiger partial charge in [0.1, 0.15) is 5.75 Å². The Labute approximate surface area is 174 Å². The van der Waals surface area contributed by atoms with Crippen LogP contribution in [0.3, 0.4) is 0 Å². The molecule has 0 amide bonds. The second-order valence-electron chi connectivity index (χ2n) is 7.63. The molecule has 0 radical (unpaired) electrons. The zero-order valence-corrected chi connectivity index (χ0v) is 17.9. The fourth-order valence-corrected chi connectivity index (χ4v) is 4.01. The summed E-state index contributed by atoms with van der Waals surface area (Å²) in [6, 6.07) is 8.68. The van der Waals surface area contributed by atoms with E-state index < -0.39 is 0 Å². The molecule has 0 spiro atoms. The van der Waals surface area contributed by atoms with Gasteiger partial charge in [0.2, 0.25) is 0 Å². The van der Waals surface area contributed by atoms with Crippen molar-refractivity contribution in [3.8, 4) is 5.75 Å². The standard InChI is InChI=1S/C22H36N4O3/c1-23-22(24-10-14-28-17-20-9-6-13-29-20)25-16-21(26-11-3-4-12-26)18-7-5-8-19(15-18)27-2/h5,7-8,15,20-21H,3-4,6,9-14,16-17H2,1-2H3,(H2,23,24,25). The van der Waals surface area contributed by atoms with Gasteiger partial charge < -0.3 is 24.8 Å². The lowest BCUT2D eigenvalue weighted by molar-refractivity contribution is 0.0191. The average Bonchev–Trinajstić information content (AvgIpc) is 3.47. The number of aliphatic imine (C=N–C) groups is 1. The molecule has 2 atom stereocenters. The van der Waals surface area contributed by atoms with Gasteiger partial charge >= 0.3 is 0 Å². The lowest BCUT2D eigenvalue weighted by Crippen LogP contribution is -2.43. The van der Waals surface area contributed by atoms with Crippen molar-refractivity contribution in [2.24, 2.45) is 4.99 Å². The lowest BCUT2D eigenvalue weighted by atomic mass is 10.1. The van der Waals surface area contributed by atoms with E-state index in [1.165, 1.54) is 18.4 Å². The van der Waals surface area contributed by atoms with E-state index in [-0.39, 0.29) is 6.10 Å². The number of ether oxygens (including phenoxy) is 3. The van der Waals surface area contributed by atoms with Gasteiger partial charge in [-0.05, 0) is 56.5 Å². The van der Waals surface area contributed by atoms with Crippen molar-refractivity contribution in [2.75, 3.05) is 60.2 Å². The van der Waals surface area contributed by atoms with Crippen LogP contribution >= 0.6 is 0 Å². The fraction of sp³-hybridized carbons (Fsp3) is 0.682. The molecule has 1 aromatic rings. The first-order valence-electron chi connectivity index (χ1n) is 10.8. The Morgan fingerprint density at radius 2 is 2.14 bits per heavy atom. The molecule has 2 aliphatic rings. The van der Waals surface area contributed by atoms with E-state index >= 15 is 0 Å². The molecule has 2 fully saturated rings. The van der Waals surface area contributed by atoms with Crippen LogP contribution in [0.4, 0.5) is 0 Å². The SMILES string of the molecule is CN=C(NCCOCC1CCCO1)NCC(c1cccc(OC)c1)N1CCCC1. The van der Waals surface area contributed by atoms with Crippen LogP contribution in [0.25, 0.3) is 0 Å². The van der Waals surface area contributed by atoms with Crippen molar-refractivity contribution in [1.82, 2.24) is 15.5 Å². The molecule has 0 saturated carbocycles. The van der Waals surface area contributed by atoms with Crippen LogP contribution in [0, 0.1) is 0 Å². The third-order valence-corrected chi connectivity index (χ3v) is 5.61. The normalized spacial score (nSPS) is 21.3. The molecule has 2 unspecified atom stereocenters. The summed E-state index contributed by atoms with van der Waals surface area (Å²) in [5, 5.41) is 6.84. The molecule has 2 aliphatic heterocycles. The van der Waals surface area contributed by atoms with Gasteiger partial charge in [-0.1, -0.05) is 12.1 Å². The highest BCUT2D eigenvalue weighted by Gasteiger charge is 2.24. The highest BCUT2D eigenvalue weighted by Crippen LogP contribution is 2.27. The molecular weight excluding hydrogens is 368 g/mol. The van der Waals surface area contributed by atoms with Crippen molar-refractivity contribution in [1.29, 1.82) is 0 Å². The molecule has 3 rings (SSSR count). The first-order chi connectivity index (χ1) is 14.3. The van der Waals surface area contributed by atoms with Crippen molar-refractivity contribution in [3.63, 3.8) is 0 Å². The number of nitrogens with one attached hydrogen (secondary N) is 2. The fourth-order valence-electron chi connectivity index (χ4n) is 4.01. The number of guanidine groups is 1. The Kier molecular flexibility index (Phi) is 9.05. The molecule has 1 aromatic carbocycles. The predicted octanol–water partition coefficient (Wildman–Crippen LogP) is 2.19. The summed E-state index contributed by atoms with van der Waals surface area (Å²) in [5.41, 5.74) is 1.27. The van der Waals surface area contributed by atoms with Crippen molar-refractivity contribution in [2.45, 2.75) is 37.8 Å². The van der Waals surface area contributed by atoms with Crippen LogP contribution in [0.15, 0.2) is 29.3 Å². The number of methoxy groups -OCH3 is 1. The first kappa shape index (κ1) is 21.9. The van der Waals surface area contributed by atoms with Crippen molar-refractivity contribution >= 4 is 5.96 Å². The van der Waals surface area contributed by atoms with E-state index in [4.69, 9.17) is 14.2 Å². The lowest BCUT2D eigenvalue weighted by Gasteiger charge is -2.29. The summed E-state index contributed by atoms with van der Waals surface area (Å²) in [5.74, 6) is 1.70. The van der Waals surface area contributed by atoms with Crippen LogP contribution < -0.4 is 15.4 Å². The van der Waals surface area contributed by atoms with Gasteiger partial charge in [-0.3, -0.25) is 9.89 Å². The third kappa shape index (κ3) is 6.87. The van der Waals surface area contributed by atoms with Gasteiger partial charge in [-0.15, -0.1) is 0 Å². The summed E-state index contributed by atoms with van der Waals surface area (Å²) in [6.45, 7) is 5.98. The maximum absolute atomic E-state index is 5.72. The molecule has 2 saturated heterocycles.